The fourth-order valence-electron chi connectivity index (χ4n) is 2.29. The highest BCUT2D eigenvalue weighted by atomic mass is 79.9. The first-order valence-corrected chi connectivity index (χ1v) is 8.99. The summed E-state index contributed by atoms with van der Waals surface area (Å²) in [5.41, 5.74) is 2.52. The molecular weight excluding hydrogens is 376 g/mol. The zero-order chi connectivity index (χ0) is 16.2. The van der Waals surface area contributed by atoms with Crippen LogP contribution < -0.4 is 10.3 Å². The molecule has 0 aliphatic carbocycles. The van der Waals surface area contributed by atoms with Crippen LogP contribution in [0.25, 0.3) is 5.65 Å². The minimum absolute atomic E-state index is 0.0656. The predicted octanol–water partition coefficient (Wildman–Crippen LogP) is 3.90. The summed E-state index contributed by atoms with van der Waals surface area (Å²) in [7, 11) is 1.67. The van der Waals surface area contributed by atoms with Gasteiger partial charge in [0.05, 0.1) is 12.8 Å². The van der Waals surface area contributed by atoms with E-state index >= 15 is 0 Å². The second-order valence-corrected chi connectivity index (χ2v) is 6.87. The Kier molecular flexibility index (Phi) is 5.03. The molecule has 1 aromatic carbocycles. The Balaban J connectivity index is 1.75. The van der Waals surface area contributed by atoms with Gasteiger partial charge in [0.25, 0.3) is 5.56 Å². The summed E-state index contributed by atoms with van der Waals surface area (Å²) < 4.78 is 7.74. The van der Waals surface area contributed by atoms with Crippen LogP contribution in [0, 0.1) is 0 Å². The lowest BCUT2D eigenvalue weighted by molar-refractivity contribution is 0.411. The molecule has 0 radical (unpaired) electrons. The fraction of sp³-hybridized carbons (Fsp3) is 0.176. The number of pyridine rings is 1. The predicted molar refractivity (Wildman–Crippen MR) is 97.2 cm³/mol. The largest absolute Gasteiger partial charge is 0.496 e. The SMILES string of the molecule is COc1ccccc1CSCc1cc(=O)n2cc(Br)ccc2n1. The molecule has 0 aliphatic heterocycles. The highest BCUT2D eigenvalue weighted by Crippen LogP contribution is 2.24. The fourth-order valence-corrected chi connectivity index (χ4v) is 3.54. The average molecular weight is 391 g/mol. The molecule has 4 nitrogen and oxygen atoms in total. The third-order valence-corrected chi connectivity index (χ3v) is 4.86. The second-order valence-electron chi connectivity index (χ2n) is 4.97. The van der Waals surface area contributed by atoms with Gasteiger partial charge < -0.3 is 4.74 Å². The van der Waals surface area contributed by atoms with Crippen molar-refractivity contribution >= 4 is 33.3 Å². The average Bonchev–Trinajstić information content (AvgIpc) is 2.56. The van der Waals surface area contributed by atoms with Crippen molar-refractivity contribution in [1.82, 2.24) is 9.38 Å². The van der Waals surface area contributed by atoms with Gasteiger partial charge in [-0.25, -0.2) is 4.98 Å². The molecule has 0 aliphatic rings. The Bertz CT molecular complexity index is 895. The van der Waals surface area contributed by atoms with Gasteiger partial charge in [-0.3, -0.25) is 9.20 Å². The number of aromatic nitrogens is 2. The highest BCUT2D eigenvalue weighted by Gasteiger charge is 2.05. The zero-order valence-corrected chi connectivity index (χ0v) is 14.9. The van der Waals surface area contributed by atoms with Gasteiger partial charge in [0, 0.05) is 33.8 Å². The molecule has 0 saturated carbocycles. The molecule has 23 heavy (non-hydrogen) atoms. The van der Waals surface area contributed by atoms with Crippen molar-refractivity contribution in [3.05, 3.63) is 74.7 Å². The van der Waals surface area contributed by atoms with E-state index in [1.54, 1.807) is 35.5 Å². The van der Waals surface area contributed by atoms with E-state index in [0.717, 1.165) is 27.2 Å². The second kappa shape index (κ2) is 7.19. The summed E-state index contributed by atoms with van der Waals surface area (Å²) in [5, 5.41) is 0. The smallest absolute Gasteiger partial charge is 0.258 e. The summed E-state index contributed by atoms with van der Waals surface area (Å²) in [4.78, 5) is 16.7. The number of thioether (sulfide) groups is 1. The van der Waals surface area contributed by atoms with Crippen LogP contribution in [0.15, 0.2) is 57.9 Å². The van der Waals surface area contributed by atoms with Crippen LogP contribution in [-0.2, 0) is 11.5 Å². The van der Waals surface area contributed by atoms with Crippen LogP contribution >= 0.6 is 27.7 Å². The molecule has 0 unspecified atom stereocenters. The van der Waals surface area contributed by atoms with Crippen molar-refractivity contribution in [2.45, 2.75) is 11.5 Å². The Morgan fingerprint density at radius 3 is 2.87 bits per heavy atom. The maximum absolute atomic E-state index is 12.2. The lowest BCUT2D eigenvalue weighted by Crippen LogP contribution is -2.15. The van der Waals surface area contributed by atoms with E-state index in [2.05, 4.69) is 20.9 Å². The monoisotopic (exact) mass is 390 g/mol. The van der Waals surface area contributed by atoms with Crippen molar-refractivity contribution in [3.8, 4) is 5.75 Å². The molecule has 0 bridgehead atoms. The maximum Gasteiger partial charge on any atom is 0.258 e. The number of para-hydroxylation sites is 1. The van der Waals surface area contributed by atoms with E-state index in [9.17, 15) is 4.79 Å². The van der Waals surface area contributed by atoms with Crippen LogP contribution in [0.5, 0.6) is 5.75 Å². The first kappa shape index (κ1) is 16.1. The van der Waals surface area contributed by atoms with Crippen LogP contribution in [0.4, 0.5) is 0 Å². The minimum atomic E-state index is -0.0656. The molecule has 0 N–H and O–H groups in total. The molecule has 118 valence electrons. The van der Waals surface area contributed by atoms with Crippen molar-refractivity contribution < 1.29 is 4.74 Å². The third-order valence-electron chi connectivity index (χ3n) is 3.38. The van der Waals surface area contributed by atoms with Crippen LogP contribution in [0.3, 0.4) is 0 Å². The number of rotatable bonds is 5. The van der Waals surface area contributed by atoms with Gasteiger partial charge in [-0.05, 0) is 34.1 Å². The van der Waals surface area contributed by atoms with E-state index < -0.39 is 0 Å². The molecule has 0 spiro atoms. The summed E-state index contributed by atoms with van der Waals surface area (Å²) in [6.07, 6.45) is 1.73. The number of methoxy groups -OCH3 is 1. The standard InChI is InChI=1S/C17H15BrN2O2S/c1-22-15-5-3-2-4-12(15)10-23-11-14-8-17(21)20-9-13(18)6-7-16(20)19-14/h2-9H,10-11H2,1H3. The Labute approximate surface area is 146 Å². The molecule has 0 saturated heterocycles. The number of nitrogens with zero attached hydrogens (tertiary/aromatic N) is 2. The summed E-state index contributed by atoms with van der Waals surface area (Å²) in [6.45, 7) is 0. The van der Waals surface area contributed by atoms with Crippen molar-refractivity contribution in [2.75, 3.05) is 7.11 Å². The van der Waals surface area contributed by atoms with Crippen molar-refractivity contribution in [1.29, 1.82) is 0 Å². The number of benzene rings is 1. The number of ether oxygens (including phenoxy) is 1. The summed E-state index contributed by atoms with van der Waals surface area (Å²) in [5.74, 6) is 2.38. The topological polar surface area (TPSA) is 43.6 Å². The van der Waals surface area contributed by atoms with Crippen LogP contribution in [0.1, 0.15) is 11.3 Å². The van der Waals surface area contributed by atoms with Gasteiger partial charge in [0.1, 0.15) is 11.4 Å². The first-order valence-electron chi connectivity index (χ1n) is 7.05. The van der Waals surface area contributed by atoms with Gasteiger partial charge in [-0.2, -0.15) is 11.8 Å². The van der Waals surface area contributed by atoms with Gasteiger partial charge in [0.2, 0.25) is 0 Å². The molecule has 3 rings (SSSR count). The Hall–Kier alpha value is -1.79. The summed E-state index contributed by atoms with van der Waals surface area (Å²) in [6, 6.07) is 13.3. The lowest BCUT2D eigenvalue weighted by atomic mass is 10.2. The van der Waals surface area contributed by atoms with E-state index in [0.29, 0.717) is 11.4 Å². The zero-order valence-electron chi connectivity index (χ0n) is 12.5. The van der Waals surface area contributed by atoms with Gasteiger partial charge in [-0.1, -0.05) is 18.2 Å². The molecule has 0 amide bonds. The number of hydrogen-bond acceptors (Lipinski definition) is 4. The Morgan fingerprint density at radius 1 is 1.22 bits per heavy atom. The van der Waals surface area contributed by atoms with E-state index in [1.807, 2.05) is 36.4 Å². The maximum atomic E-state index is 12.2. The molecule has 6 heteroatoms. The Morgan fingerprint density at radius 2 is 2.04 bits per heavy atom. The third kappa shape index (κ3) is 3.76. The number of hydrogen-bond donors (Lipinski definition) is 0. The van der Waals surface area contributed by atoms with Crippen LogP contribution in [-0.4, -0.2) is 16.5 Å². The number of fused-ring (bicyclic) bond motifs is 1. The molecule has 2 heterocycles. The summed E-state index contributed by atoms with van der Waals surface area (Å²) >= 11 is 5.07. The number of halogens is 1. The highest BCUT2D eigenvalue weighted by molar-refractivity contribution is 9.10. The van der Waals surface area contributed by atoms with Gasteiger partial charge in [-0.15, -0.1) is 0 Å². The van der Waals surface area contributed by atoms with Gasteiger partial charge >= 0.3 is 0 Å². The molecular formula is C17H15BrN2O2S. The molecule has 0 fully saturated rings. The normalized spacial score (nSPS) is 10.9. The van der Waals surface area contributed by atoms with Crippen molar-refractivity contribution in [3.63, 3.8) is 0 Å². The molecule has 2 aromatic heterocycles. The first-order chi connectivity index (χ1) is 11.2. The van der Waals surface area contributed by atoms with E-state index in [4.69, 9.17) is 4.74 Å². The lowest BCUT2D eigenvalue weighted by Gasteiger charge is -2.08. The molecule has 3 aromatic rings. The van der Waals surface area contributed by atoms with Gasteiger partial charge in [0.15, 0.2) is 0 Å². The minimum Gasteiger partial charge on any atom is -0.496 e. The van der Waals surface area contributed by atoms with E-state index in [-0.39, 0.29) is 5.56 Å². The van der Waals surface area contributed by atoms with E-state index in [1.165, 1.54) is 0 Å². The quantitative estimate of drug-likeness (QED) is 0.662. The molecule has 0 atom stereocenters. The van der Waals surface area contributed by atoms with Crippen LogP contribution in [0.2, 0.25) is 0 Å². The van der Waals surface area contributed by atoms with Crippen molar-refractivity contribution in [2.24, 2.45) is 0 Å².